The van der Waals surface area contributed by atoms with E-state index in [2.05, 4.69) is 20.5 Å². The van der Waals surface area contributed by atoms with E-state index in [1.54, 1.807) is 0 Å². The van der Waals surface area contributed by atoms with Gasteiger partial charge in [-0.2, -0.15) is 0 Å². The number of furan rings is 1. The summed E-state index contributed by atoms with van der Waals surface area (Å²) in [6, 6.07) is 4.11. The molecule has 0 N–H and O–H groups in total. The molecule has 26 heavy (non-hydrogen) atoms. The second kappa shape index (κ2) is 8.37. The van der Waals surface area contributed by atoms with Crippen LogP contribution in [0.4, 0.5) is 0 Å². The Balaban J connectivity index is 1.35. The molecule has 1 unspecified atom stereocenters. The Morgan fingerprint density at radius 2 is 2.00 bits per heavy atom. The molecule has 142 valence electrons. The van der Waals surface area contributed by atoms with E-state index in [1.165, 1.54) is 5.69 Å². The molecule has 0 amide bonds. The lowest BCUT2D eigenvalue weighted by atomic mass is 10.0. The highest BCUT2D eigenvalue weighted by Crippen LogP contribution is 2.21. The Kier molecular flexibility index (Phi) is 5.72. The fourth-order valence-corrected chi connectivity index (χ4v) is 3.97. The Morgan fingerprint density at radius 3 is 2.81 bits per heavy atom. The molecule has 4 rings (SSSR count). The van der Waals surface area contributed by atoms with Crippen LogP contribution in [0.3, 0.4) is 0 Å². The highest BCUT2D eigenvalue weighted by Gasteiger charge is 2.23. The first-order valence-corrected chi connectivity index (χ1v) is 9.68. The van der Waals surface area contributed by atoms with Gasteiger partial charge in [-0.25, -0.2) is 4.98 Å². The molecule has 1 fully saturated rings. The van der Waals surface area contributed by atoms with E-state index in [9.17, 15) is 0 Å². The van der Waals surface area contributed by atoms with Crippen LogP contribution in [-0.4, -0.2) is 47.4 Å². The van der Waals surface area contributed by atoms with Crippen LogP contribution in [0.1, 0.15) is 30.1 Å². The Labute approximate surface area is 155 Å². The molecule has 0 saturated carbocycles. The Bertz CT molecular complexity index is 690. The average molecular weight is 359 g/mol. The molecule has 6 nitrogen and oxygen atoms in total. The van der Waals surface area contributed by atoms with Crippen molar-refractivity contribution in [1.82, 2.24) is 14.5 Å². The van der Waals surface area contributed by atoms with Gasteiger partial charge in [0, 0.05) is 51.6 Å². The predicted molar refractivity (Wildman–Crippen MR) is 97.6 cm³/mol. The molecule has 6 heteroatoms. The third-order valence-corrected chi connectivity index (χ3v) is 5.38. The molecule has 4 heterocycles. The van der Waals surface area contributed by atoms with Crippen molar-refractivity contribution < 1.29 is 13.9 Å². The van der Waals surface area contributed by atoms with Gasteiger partial charge in [0.2, 0.25) is 0 Å². The molecule has 2 aliphatic rings. The lowest BCUT2D eigenvalue weighted by Crippen LogP contribution is -2.30. The Morgan fingerprint density at radius 1 is 1.15 bits per heavy atom. The number of fused-ring (bicyclic) bond motifs is 1. The van der Waals surface area contributed by atoms with E-state index in [0.717, 1.165) is 77.0 Å². The number of hydrogen-bond donors (Lipinski definition) is 0. The van der Waals surface area contributed by atoms with Crippen molar-refractivity contribution in [1.29, 1.82) is 0 Å². The van der Waals surface area contributed by atoms with Crippen LogP contribution >= 0.6 is 0 Å². The molecule has 0 radical (unpaired) electrons. The van der Waals surface area contributed by atoms with E-state index in [0.29, 0.717) is 11.8 Å². The minimum Gasteiger partial charge on any atom is -0.465 e. The summed E-state index contributed by atoms with van der Waals surface area (Å²) in [5.41, 5.74) is 1.26. The summed E-state index contributed by atoms with van der Waals surface area (Å²) in [4.78, 5) is 6.78. The molecular weight excluding hydrogens is 330 g/mol. The number of hydrogen-bond acceptors (Lipinski definition) is 5. The fraction of sp³-hybridized carbons (Fsp3) is 0.650. The molecule has 0 bridgehead atoms. The van der Waals surface area contributed by atoms with Crippen LogP contribution in [0.25, 0.3) is 0 Å². The van der Waals surface area contributed by atoms with Crippen LogP contribution in [0.2, 0.25) is 0 Å². The minimum absolute atomic E-state index is 0.460. The SMILES string of the molecule is Cc1ccc(CN2Cc3cncn3CC(COCC3CCOCC3)C2)o1. The number of imidazole rings is 1. The zero-order valence-electron chi connectivity index (χ0n) is 15.6. The monoisotopic (exact) mass is 359 g/mol. The largest absolute Gasteiger partial charge is 0.465 e. The maximum Gasteiger partial charge on any atom is 0.118 e. The van der Waals surface area contributed by atoms with E-state index in [-0.39, 0.29) is 0 Å². The highest BCUT2D eigenvalue weighted by molar-refractivity contribution is 5.07. The van der Waals surface area contributed by atoms with Crippen LogP contribution in [0, 0.1) is 18.8 Å². The average Bonchev–Trinajstić information content (AvgIpc) is 3.21. The normalized spacial score (nSPS) is 22.3. The van der Waals surface area contributed by atoms with Crippen molar-refractivity contribution in [3.8, 4) is 0 Å². The molecule has 2 aromatic rings. The summed E-state index contributed by atoms with van der Waals surface area (Å²) in [5.74, 6) is 3.11. The van der Waals surface area contributed by atoms with Gasteiger partial charge in [0.25, 0.3) is 0 Å². The van der Waals surface area contributed by atoms with E-state index < -0.39 is 0 Å². The number of ether oxygens (including phenoxy) is 2. The Hall–Kier alpha value is -1.63. The van der Waals surface area contributed by atoms with Crippen molar-refractivity contribution in [2.75, 3.05) is 33.0 Å². The molecular formula is C20H29N3O3. The van der Waals surface area contributed by atoms with Crippen LogP contribution in [-0.2, 0) is 29.1 Å². The van der Waals surface area contributed by atoms with Gasteiger partial charge in [-0.15, -0.1) is 0 Å². The summed E-state index contributed by atoms with van der Waals surface area (Å²) < 4.78 is 19.6. The summed E-state index contributed by atoms with van der Waals surface area (Å²) in [6.45, 7) is 9.11. The first-order valence-electron chi connectivity index (χ1n) is 9.68. The van der Waals surface area contributed by atoms with Gasteiger partial charge in [0.1, 0.15) is 11.5 Å². The van der Waals surface area contributed by atoms with Crippen molar-refractivity contribution in [3.05, 3.63) is 41.9 Å². The van der Waals surface area contributed by atoms with Crippen LogP contribution in [0.5, 0.6) is 0 Å². The summed E-state index contributed by atoms with van der Waals surface area (Å²) in [6.07, 6.45) is 6.17. The first-order chi connectivity index (χ1) is 12.8. The van der Waals surface area contributed by atoms with Crippen LogP contribution in [0.15, 0.2) is 29.1 Å². The van der Waals surface area contributed by atoms with Crippen LogP contribution < -0.4 is 0 Å². The van der Waals surface area contributed by atoms with E-state index >= 15 is 0 Å². The number of nitrogens with zero attached hydrogens (tertiary/aromatic N) is 3. The maximum absolute atomic E-state index is 6.12. The van der Waals surface area contributed by atoms with Gasteiger partial charge in [0.05, 0.1) is 25.2 Å². The van der Waals surface area contributed by atoms with Gasteiger partial charge in [0.15, 0.2) is 0 Å². The van der Waals surface area contributed by atoms with Gasteiger partial charge in [-0.3, -0.25) is 4.90 Å². The lowest BCUT2D eigenvalue weighted by molar-refractivity contribution is 0.00612. The van der Waals surface area contributed by atoms with Crippen molar-refractivity contribution in [2.45, 2.75) is 39.4 Å². The molecule has 1 saturated heterocycles. The zero-order chi connectivity index (χ0) is 17.8. The van der Waals surface area contributed by atoms with Crippen molar-refractivity contribution in [2.24, 2.45) is 11.8 Å². The number of aromatic nitrogens is 2. The second-order valence-corrected chi connectivity index (χ2v) is 7.68. The fourth-order valence-electron chi connectivity index (χ4n) is 3.97. The predicted octanol–water partition coefficient (Wildman–Crippen LogP) is 2.86. The summed E-state index contributed by atoms with van der Waals surface area (Å²) in [5, 5.41) is 0. The third-order valence-electron chi connectivity index (χ3n) is 5.38. The van der Waals surface area contributed by atoms with Crippen molar-refractivity contribution >= 4 is 0 Å². The second-order valence-electron chi connectivity index (χ2n) is 7.68. The quantitative estimate of drug-likeness (QED) is 0.794. The molecule has 0 aliphatic carbocycles. The molecule has 2 aromatic heterocycles. The zero-order valence-corrected chi connectivity index (χ0v) is 15.6. The minimum atomic E-state index is 0.460. The third kappa shape index (κ3) is 4.55. The van der Waals surface area contributed by atoms with E-state index in [1.807, 2.05) is 25.5 Å². The van der Waals surface area contributed by atoms with Crippen molar-refractivity contribution in [3.63, 3.8) is 0 Å². The number of aryl methyl sites for hydroxylation is 1. The lowest BCUT2D eigenvalue weighted by Gasteiger charge is -2.25. The maximum atomic E-state index is 6.12. The topological polar surface area (TPSA) is 52.7 Å². The van der Waals surface area contributed by atoms with Gasteiger partial charge >= 0.3 is 0 Å². The first kappa shape index (κ1) is 17.8. The molecule has 0 spiro atoms. The van der Waals surface area contributed by atoms with E-state index in [4.69, 9.17) is 13.9 Å². The van der Waals surface area contributed by atoms with Gasteiger partial charge in [-0.1, -0.05) is 0 Å². The standard InChI is InChI=1S/C20H29N3O3/c1-16-2-3-20(26-16)12-22-9-18(10-23-15-21-8-19(23)11-22)14-25-13-17-4-6-24-7-5-17/h2-3,8,15,17-18H,4-7,9-14H2,1H3. The molecule has 2 aliphatic heterocycles. The van der Waals surface area contributed by atoms with Gasteiger partial charge < -0.3 is 18.5 Å². The van der Waals surface area contributed by atoms with Gasteiger partial charge in [-0.05, 0) is 37.8 Å². The number of rotatable bonds is 6. The highest BCUT2D eigenvalue weighted by atomic mass is 16.5. The smallest absolute Gasteiger partial charge is 0.118 e. The summed E-state index contributed by atoms with van der Waals surface area (Å²) >= 11 is 0. The molecule has 1 atom stereocenters. The molecule has 0 aromatic carbocycles. The summed E-state index contributed by atoms with van der Waals surface area (Å²) in [7, 11) is 0.